The van der Waals surface area contributed by atoms with E-state index in [9.17, 15) is 4.79 Å². The molecule has 1 atom stereocenters. The molecule has 0 radical (unpaired) electrons. The van der Waals surface area contributed by atoms with Crippen LogP contribution >= 0.6 is 35.0 Å². The zero-order valence-electron chi connectivity index (χ0n) is 12.4. The van der Waals surface area contributed by atoms with E-state index in [1.807, 2.05) is 19.1 Å². The highest BCUT2D eigenvalue weighted by Crippen LogP contribution is 2.28. The smallest absolute Gasteiger partial charge is 0.264 e. The first-order valence-electron chi connectivity index (χ1n) is 7.11. The first kappa shape index (κ1) is 16.4. The van der Waals surface area contributed by atoms with Gasteiger partial charge in [-0.3, -0.25) is 14.7 Å². The van der Waals surface area contributed by atoms with Crippen LogP contribution in [0.2, 0.25) is 10.0 Å². The lowest BCUT2D eigenvalue weighted by atomic mass is 10.2. The molecule has 0 unspecified atom stereocenters. The number of carbonyl (C=O) groups is 1. The van der Waals surface area contributed by atoms with Gasteiger partial charge in [0, 0.05) is 21.4 Å². The minimum atomic E-state index is -0.157. The van der Waals surface area contributed by atoms with Gasteiger partial charge in [0.1, 0.15) is 0 Å². The molecule has 0 spiro atoms. The molecular formula is C17H14Cl2N2OS. The largest absolute Gasteiger partial charge is 0.268 e. The third-order valence-electron chi connectivity index (χ3n) is 3.34. The number of carbonyl (C=O) groups excluding carboxylic acids is 1. The second kappa shape index (κ2) is 6.95. The van der Waals surface area contributed by atoms with Gasteiger partial charge in [-0.25, -0.2) is 0 Å². The van der Waals surface area contributed by atoms with E-state index in [0.29, 0.717) is 20.8 Å². The van der Waals surface area contributed by atoms with E-state index < -0.39 is 0 Å². The van der Waals surface area contributed by atoms with E-state index in [1.54, 1.807) is 53.1 Å². The molecule has 2 aromatic carbocycles. The standard InChI is InChI=1S/C17H14Cl2N2OS/c1-11-10-23-17(20-11)21(15-7-5-13(18)6-8-15)16(22)12-3-2-4-14(19)9-12/h2-9,11H,10H2,1H3/t11-/m1/s1. The maximum absolute atomic E-state index is 13.0. The van der Waals surface area contributed by atoms with Crippen LogP contribution in [0.5, 0.6) is 0 Å². The van der Waals surface area contributed by atoms with Crippen molar-refractivity contribution in [1.82, 2.24) is 0 Å². The summed E-state index contributed by atoms with van der Waals surface area (Å²) in [5.74, 6) is 0.706. The average molecular weight is 365 g/mol. The van der Waals surface area contributed by atoms with Crippen LogP contribution < -0.4 is 4.90 Å². The fourth-order valence-electron chi connectivity index (χ4n) is 2.24. The van der Waals surface area contributed by atoms with Crippen molar-refractivity contribution in [3.63, 3.8) is 0 Å². The Morgan fingerprint density at radius 3 is 2.52 bits per heavy atom. The monoisotopic (exact) mass is 364 g/mol. The lowest BCUT2D eigenvalue weighted by molar-refractivity contribution is 0.100. The van der Waals surface area contributed by atoms with Gasteiger partial charge < -0.3 is 0 Å². The lowest BCUT2D eigenvalue weighted by Gasteiger charge is -2.22. The van der Waals surface area contributed by atoms with Crippen molar-refractivity contribution in [2.45, 2.75) is 13.0 Å². The fraction of sp³-hybridized carbons (Fsp3) is 0.176. The Kier molecular flexibility index (Phi) is 4.95. The maximum Gasteiger partial charge on any atom is 0.264 e. The van der Waals surface area contributed by atoms with Crippen LogP contribution in [-0.2, 0) is 0 Å². The van der Waals surface area contributed by atoms with E-state index in [1.165, 1.54) is 0 Å². The van der Waals surface area contributed by atoms with Crippen LogP contribution in [0.3, 0.4) is 0 Å². The van der Waals surface area contributed by atoms with Crippen molar-refractivity contribution >= 4 is 51.7 Å². The summed E-state index contributed by atoms with van der Waals surface area (Å²) in [7, 11) is 0. The summed E-state index contributed by atoms with van der Waals surface area (Å²) in [6.45, 7) is 2.03. The molecule has 0 aromatic heterocycles. The van der Waals surface area contributed by atoms with Crippen LogP contribution in [-0.4, -0.2) is 22.9 Å². The van der Waals surface area contributed by atoms with Crippen LogP contribution in [0.4, 0.5) is 5.69 Å². The molecule has 0 saturated carbocycles. The van der Waals surface area contributed by atoms with E-state index in [2.05, 4.69) is 4.99 Å². The summed E-state index contributed by atoms with van der Waals surface area (Å²) >= 11 is 13.6. The average Bonchev–Trinajstić information content (AvgIpc) is 2.95. The van der Waals surface area contributed by atoms with Gasteiger partial charge in [0.25, 0.3) is 5.91 Å². The van der Waals surface area contributed by atoms with Gasteiger partial charge in [0.15, 0.2) is 5.17 Å². The molecule has 3 rings (SSSR count). The summed E-state index contributed by atoms with van der Waals surface area (Å²) in [6.07, 6.45) is 0. The Morgan fingerprint density at radius 2 is 1.91 bits per heavy atom. The van der Waals surface area contributed by atoms with Crippen LogP contribution in [0.25, 0.3) is 0 Å². The van der Waals surface area contributed by atoms with Crippen molar-refractivity contribution in [3.05, 3.63) is 64.1 Å². The van der Waals surface area contributed by atoms with Gasteiger partial charge in [-0.1, -0.05) is 41.0 Å². The third-order valence-corrected chi connectivity index (χ3v) is 5.02. The van der Waals surface area contributed by atoms with E-state index in [-0.39, 0.29) is 11.9 Å². The van der Waals surface area contributed by atoms with Gasteiger partial charge in [-0.15, -0.1) is 0 Å². The predicted octanol–water partition coefficient (Wildman–Crippen LogP) is 5.13. The number of hydrogen-bond acceptors (Lipinski definition) is 3. The molecule has 3 nitrogen and oxygen atoms in total. The van der Waals surface area contributed by atoms with Crippen LogP contribution in [0.15, 0.2) is 53.5 Å². The Labute approximate surface area is 149 Å². The summed E-state index contributed by atoms with van der Waals surface area (Å²) in [4.78, 5) is 19.2. The van der Waals surface area contributed by atoms with E-state index in [0.717, 1.165) is 11.4 Å². The first-order chi connectivity index (χ1) is 11.0. The minimum absolute atomic E-state index is 0.157. The normalized spacial score (nSPS) is 17.0. The predicted molar refractivity (Wildman–Crippen MR) is 99.1 cm³/mol. The highest BCUT2D eigenvalue weighted by Gasteiger charge is 2.27. The molecule has 1 heterocycles. The molecule has 1 aliphatic heterocycles. The second-order valence-corrected chi connectivity index (χ2v) is 7.06. The molecule has 23 heavy (non-hydrogen) atoms. The molecule has 0 bridgehead atoms. The summed E-state index contributed by atoms with van der Waals surface area (Å²) in [5.41, 5.74) is 1.26. The molecule has 0 saturated heterocycles. The van der Waals surface area contributed by atoms with Crippen LogP contribution in [0, 0.1) is 0 Å². The molecule has 0 fully saturated rings. The Morgan fingerprint density at radius 1 is 1.17 bits per heavy atom. The number of benzene rings is 2. The van der Waals surface area contributed by atoms with Crippen molar-refractivity contribution < 1.29 is 4.79 Å². The SMILES string of the molecule is C[C@@H]1CSC(N(C(=O)c2cccc(Cl)c2)c2ccc(Cl)cc2)=N1. The van der Waals surface area contributed by atoms with Gasteiger partial charge >= 0.3 is 0 Å². The van der Waals surface area contributed by atoms with Crippen LogP contribution in [0.1, 0.15) is 17.3 Å². The highest BCUT2D eigenvalue weighted by atomic mass is 35.5. The van der Waals surface area contributed by atoms with E-state index >= 15 is 0 Å². The van der Waals surface area contributed by atoms with Crippen molar-refractivity contribution in [2.24, 2.45) is 4.99 Å². The first-order valence-corrected chi connectivity index (χ1v) is 8.85. The number of rotatable bonds is 2. The Hall–Kier alpha value is -1.49. The van der Waals surface area contributed by atoms with Gasteiger partial charge in [-0.2, -0.15) is 0 Å². The number of anilines is 1. The number of hydrogen-bond donors (Lipinski definition) is 0. The fourth-order valence-corrected chi connectivity index (χ4v) is 3.59. The molecule has 1 amide bonds. The number of nitrogens with zero attached hydrogens (tertiary/aromatic N) is 2. The minimum Gasteiger partial charge on any atom is -0.268 e. The third kappa shape index (κ3) is 3.71. The molecule has 6 heteroatoms. The Balaban J connectivity index is 2.03. The van der Waals surface area contributed by atoms with Gasteiger partial charge in [-0.05, 0) is 49.4 Å². The summed E-state index contributed by atoms with van der Waals surface area (Å²) < 4.78 is 0. The molecule has 0 N–H and O–H groups in total. The number of thioether (sulfide) groups is 1. The topological polar surface area (TPSA) is 32.7 Å². The molecule has 2 aromatic rings. The highest BCUT2D eigenvalue weighted by molar-refractivity contribution is 8.14. The Bertz CT molecular complexity index is 761. The molecule has 0 aliphatic carbocycles. The summed E-state index contributed by atoms with van der Waals surface area (Å²) in [6, 6.07) is 14.3. The maximum atomic E-state index is 13.0. The zero-order chi connectivity index (χ0) is 16.4. The van der Waals surface area contributed by atoms with E-state index in [4.69, 9.17) is 23.2 Å². The number of amides is 1. The quantitative estimate of drug-likeness (QED) is 0.739. The van der Waals surface area contributed by atoms with Crippen molar-refractivity contribution in [3.8, 4) is 0 Å². The lowest BCUT2D eigenvalue weighted by Crippen LogP contribution is -2.34. The van der Waals surface area contributed by atoms with Crippen molar-refractivity contribution in [2.75, 3.05) is 10.7 Å². The summed E-state index contributed by atoms with van der Waals surface area (Å²) in [5, 5.41) is 1.85. The molecule has 1 aliphatic rings. The van der Waals surface area contributed by atoms with Gasteiger partial charge in [0.2, 0.25) is 0 Å². The zero-order valence-corrected chi connectivity index (χ0v) is 14.7. The molecule has 118 valence electrons. The number of halogens is 2. The molecular weight excluding hydrogens is 351 g/mol. The number of aliphatic imine (C=N–C) groups is 1. The van der Waals surface area contributed by atoms with Gasteiger partial charge in [0.05, 0.1) is 11.7 Å². The second-order valence-electron chi connectivity index (χ2n) is 5.20. The number of amidine groups is 1. The van der Waals surface area contributed by atoms with Crippen molar-refractivity contribution in [1.29, 1.82) is 0 Å².